The minimum atomic E-state index is -3.84. The first kappa shape index (κ1) is 22.7. The topological polar surface area (TPSA) is 92.5 Å². The van der Waals surface area contributed by atoms with Gasteiger partial charge in [0.1, 0.15) is 5.69 Å². The van der Waals surface area contributed by atoms with Gasteiger partial charge in [-0.05, 0) is 76.1 Å². The lowest BCUT2D eigenvalue weighted by atomic mass is 9.99. The first-order valence-electron chi connectivity index (χ1n) is 11.2. The zero-order chi connectivity index (χ0) is 23.0. The lowest BCUT2D eigenvalue weighted by molar-refractivity contribution is -0.126. The Bertz CT molecular complexity index is 1140. The maximum atomic E-state index is 13.5. The van der Waals surface area contributed by atoms with Crippen LogP contribution in [0.4, 0.5) is 0 Å². The van der Waals surface area contributed by atoms with E-state index in [1.165, 1.54) is 9.87 Å². The van der Waals surface area contributed by atoms with Gasteiger partial charge in [-0.15, -0.1) is 0 Å². The molecule has 1 aliphatic heterocycles. The van der Waals surface area contributed by atoms with Gasteiger partial charge in [0.05, 0.1) is 5.92 Å². The van der Waals surface area contributed by atoms with Crippen molar-refractivity contribution in [3.63, 3.8) is 0 Å². The molecule has 1 aromatic carbocycles. The fourth-order valence-corrected chi connectivity index (χ4v) is 6.24. The van der Waals surface area contributed by atoms with Gasteiger partial charge in [0, 0.05) is 19.1 Å². The number of nitrogens with zero attached hydrogens (tertiary/aromatic N) is 2. The lowest BCUT2D eigenvalue weighted by Gasteiger charge is -2.31. The van der Waals surface area contributed by atoms with Crippen LogP contribution in [-0.4, -0.2) is 42.9 Å². The van der Waals surface area contributed by atoms with E-state index in [2.05, 4.69) is 29.5 Å². The number of hydrogen-bond acceptors (Lipinski definition) is 5. The number of carbonyl (C=O) groups is 1. The molecule has 1 amide bonds. The molecule has 1 atom stereocenters. The monoisotopic (exact) mass is 457 g/mol. The Kier molecular flexibility index (Phi) is 6.27. The molecule has 2 heterocycles. The number of hydrogen-bond donors (Lipinski definition) is 1. The summed E-state index contributed by atoms with van der Waals surface area (Å²) in [5.74, 6) is -0.151. The van der Waals surface area contributed by atoms with Crippen LogP contribution >= 0.6 is 0 Å². The summed E-state index contributed by atoms with van der Waals surface area (Å²) < 4.78 is 33.9. The first-order valence-corrected chi connectivity index (χ1v) is 12.6. The molecule has 7 nitrogen and oxygen atoms in total. The van der Waals surface area contributed by atoms with E-state index in [-0.39, 0.29) is 35.1 Å². The zero-order valence-electron chi connectivity index (χ0n) is 19.1. The Balaban J connectivity index is 1.59. The quantitative estimate of drug-likeness (QED) is 0.713. The van der Waals surface area contributed by atoms with Gasteiger partial charge in [-0.2, -0.15) is 4.31 Å². The Morgan fingerprint density at radius 1 is 1.12 bits per heavy atom. The Labute approximate surface area is 189 Å². The van der Waals surface area contributed by atoms with Crippen LogP contribution in [0.3, 0.4) is 0 Å². The van der Waals surface area contributed by atoms with E-state index < -0.39 is 10.0 Å². The van der Waals surface area contributed by atoms with Crippen molar-refractivity contribution in [1.29, 1.82) is 0 Å². The van der Waals surface area contributed by atoms with Crippen LogP contribution in [0.1, 0.15) is 59.4 Å². The molecular weight excluding hydrogens is 426 g/mol. The summed E-state index contributed by atoms with van der Waals surface area (Å²) in [6.07, 6.45) is 6.93. The number of sulfonamides is 1. The van der Waals surface area contributed by atoms with Crippen molar-refractivity contribution in [2.75, 3.05) is 13.1 Å². The molecule has 2 aliphatic rings. The van der Waals surface area contributed by atoms with E-state index >= 15 is 0 Å². The largest absolute Gasteiger partial charge is 0.355 e. The summed E-state index contributed by atoms with van der Waals surface area (Å²) in [5.41, 5.74) is 4.76. The summed E-state index contributed by atoms with van der Waals surface area (Å²) in [4.78, 5) is 12.6. The molecule has 4 rings (SSSR count). The van der Waals surface area contributed by atoms with E-state index in [1.54, 1.807) is 13.0 Å². The summed E-state index contributed by atoms with van der Waals surface area (Å²) in [5, 5.41) is 6.94. The summed E-state index contributed by atoms with van der Waals surface area (Å²) in [6, 6.07) is 4.45. The molecule has 8 heteroatoms. The fourth-order valence-electron chi connectivity index (χ4n) is 4.46. The van der Waals surface area contributed by atoms with Crippen molar-refractivity contribution >= 4 is 28.1 Å². The maximum Gasteiger partial charge on any atom is 0.248 e. The van der Waals surface area contributed by atoms with E-state index in [9.17, 15) is 13.2 Å². The summed E-state index contributed by atoms with van der Waals surface area (Å²) >= 11 is 0. The average molecular weight is 458 g/mol. The van der Waals surface area contributed by atoms with Gasteiger partial charge in [-0.25, -0.2) is 8.42 Å². The summed E-state index contributed by atoms with van der Waals surface area (Å²) in [6.45, 7) is 8.32. The van der Waals surface area contributed by atoms with E-state index in [1.807, 2.05) is 19.9 Å². The number of amides is 1. The molecule has 172 valence electrons. The fraction of sp³-hybridized carbons (Fsp3) is 0.500. The number of aryl methyl sites for hydroxylation is 4. The molecule has 0 unspecified atom stereocenters. The van der Waals surface area contributed by atoms with Crippen LogP contribution in [0.25, 0.3) is 12.2 Å². The van der Waals surface area contributed by atoms with Crippen molar-refractivity contribution in [1.82, 2.24) is 14.8 Å². The van der Waals surface area contributed by atoms with Gasteiger partial charge in [0.2, 0.25) is 15.9 Å². The number of nitrogens with one attached hydrogen (secondary N) is 1. The highest BCUT2D eigenvalue weighted by molar-refractivity contribution is 7.89. The van der Waals surface area contributed by atoms with Crippen LogP contribution in [0, 0.1) is 33.6 Å². The second-order valence-corrected chi connectivity index (χ2v) is 11.0. The minimum Gasteiger partial charge on any atom is -0.355 e. The molecule has 0 spiro atoms. The second kappa shape index (κ2) is 8.83. The maximum absolute atomic E-state index is 13.5. The first-order chi connectivity index (χ1) is 15.2. The van der Waals surface area contributed by atoms with Gasteiger partial charge >= 0.3 is 0 Å². The third-order valence-corrected chi connectivity index (χ3v) is 8.27. The van der Waals surface area contributed by atoms with Gasteiger partial charge in [-0.1, -0.05) is 28.9 Å². The molecule has 1 aliphatic carbocycles. The van der Waals surface area contributed by atoms with Crippen molar-refractivity contribution in [2.45, 2.75) is 64.3 Å². The molecular formula is C24H31N3O4S. The molecule has 2 aromatic rings. The van der Waals surface area contributed by atoms with Crippen LogP contribution in [0.15, 0.2) is 21.6 Å². The second-order valence-electron chi connectivity index (χ2n) is 9.09. The van der Waals surface area contributed by atoms with Crippen molar-refractivity contribution in [2.24, 2.45) is 5.92 Å². The molecule has 0 bridgehead atoms. The van der Waals surface area contributed by atoms with Crippen molar-refractivity contribution in [3.8, 4) is 0 Å². The van der Waals surface area contributed by atoms with E-state index in [0.29, 0.717) is 25.1 Å². The number of aromatic nitrogens is 1. The molecule has 0 radical (unpaired) electrons. The molecule has 1 saturated carbocycles. The van der Waals surface area contributed by atoms with Gasteiger partial charge in [-0.3, -0.25) is 4.79 Å². The molecule has 32 heavy (non-hydrogen) atoms. The lowest BCUT2D eigenvalue weighted by Crippen LogP contribution is -2.46. The highest BCUT2D eigenvalue weighted by Gasteiger charge is 2.38. The molecule has 1 N–H and O–H groups in total. The SMILES string of the molecule is Cc1cc(C)c(/C=C/c2onc(C)c2S(=O)(=O)N2CCC[C@H](C(=O)NC3CC3)C2)c(C)c1. The van der Waals surface area contributed by atoms with E-state index in [0.717, 1.165) is 29.5 Å². The highest BCUT2D eigenvalue weighted by Crippen LogP contribution is 2.30. The van der Waals surface area contributed by atoms with Crippen molar-refractivity contribution in [3.05, 3.63) is 45.8 Å². The predicted octanol–water partition coefficient (Wildman–Crippen LogP) is 3.76. The molecule has 2 fully saturated rings. The number of benzene rings is 1. The van der Waals surface area contributed by atoms with Crippen LogP contribution < -0.4 is 5.32 Å². The van der Waals surface area contributed by atoms with Gasteiger partial charge in [0.15, 0.2) is 10.7 Å². The summed E-state index contributed by atoms with van der Waals surface area (Å²) in [7, 11) is -3.84. The van der Waals surface area contributed by atoms with Gasteiger partial charge in [0.25, 0.3) is 0 Å². The van der Waals surface area contributed by atoms with Gasteiger partial charge < -0.3 is 9.84 Å². The molecule has 1 aromatic heterocycles. The zero-order valence-corrected chi connectivity index (χ0v) is 20.0. The number of carbonyl (C=O) groups excluding carboxylic acids is 1. The third kappa shape index (κ3) is 4.66. The van der Waals surface area contributed by atoms with Crippen LogP contribution in [0.5, 0.6) is 0 Å². The predicted molar refractivity (Wildman–Crippen MR) is 123 cm³/mol. The Morgan fingerprint density at radius 3 is 2.47 bits per heavy atom. The third-order valence-electron chi connectivity index (χ3n) is 6.25. The minimum absolute atomic E-state index is 0.0418. The smallest absolute Gasteiger partial charge is 0.248 e. The Morgan fingerprint density at radius 2 is 1.81 bits per heavy atom. The average Bonchev–Trinajstić information content (AvgIpc) is 3.46. The normalized spacial score (nSPS) is 20.1. The van der Waals surface area contributed by atoms with Crippen LogP contribution in [-0.2, 0) is 14.8 Å². The molecule has 1 saturated heterocycles. The number of rotatable bonds is 6. The standard InChI is InChI=1S/C24H31N3O4S/c1-15-12-16(2)21(17(3)13-15)9-10-22-23(18(4)26-31-22)32(29,30)27-11-5-6-19(14-27)24(28)25-20-7-8-20/h9-10,12-13,19-20H,5-8,11,14H2,1-4H3,(H,25,28)/b10-9+/t19-/m0/s1. The van der Waals surface area contributed by atoms with Crippen LogP contribution in [0.2, 0.25) is 0 Å². The Hall–Kier alpha value is -2.45. The highest BCUT2D eigenvalue weighted by atomic mass is 32.2. The number of piperidine rings is 1. The van der Waals surface area contributed by atoms with E-state index in [4.69, 9.17) is 4.52 Å². The van der Waals surface area contributed by atoms with Crippen molar-refractivity contribution < 1.29 is 17.7 Å².